The molecular formula is C20H35N3O6. The monoisotopic (exact) mass is 413 g/mol. The van der Waals surface area contributed by atoms with Crippen LogP contribution in [0, 0.1) is 11.8 Å². The van der Waals surface area contributed by atoms with Gasteiger partial charge in [0.1, 0.15) is 18.1 Å². The van der Waals surface area contributed by atoms with Crippen molar-refractivity contribution >= 4 is 17.9 Å². The van der Waals surface area contributed by atoms with Crippen LogP contribution in [-0.4, -0.2) is 51.4 Å². The maximum Gasteiger partial charge on any atom is 0.320 e. The number of benzene rings is 1. The highest BCUT2D eigenvalue weighted by atomic mass is 16.4. The molecule has 29 heavy (non-hydrogen) atoms. The predicted molar refractivity (Wildman–Crippen MR) is 111 cm³/mol. The zero-order valence-corrected chi connectivity index (χ0v) is 17.5. The van der Waals surface area contributed by atoms with Crippen molar-refractivity contribution in [2.45, 2.75) is 58.7 Å². The molecule has 0 aliphatic heterocycles. The van der Waals surface area contributed by atoms with Crippen LogP contribution in [0.1, 0.15) is 39.7 Å². The number of aliphatic carboxylic acids is 3. The van der Waals surface area contributed by atoms with E-state index in [1.807, 2.05) is 44.2 Å². The molecule has 0 unspecified atom stereocenters. The van der Waals surface area contributed by atoms with Gasteiger partial charge in [-0.2, -0.15) is 0 Å². The average Bonchev–Trinajstić information content (AvgIpc) is 2.62. The van der Waals surface area contributed by atoms with E-state index in [-0.39, 0.29) is 5.92 Å². The maximum atomic E-state index is 10.4. The molecule has 3 atom stereocenters. The Hall–Kier alpha value is -2.49. The average molecular weight is 414 g/mol. The topological polar surface area (TPSA) is 190 Å². The molecule has 0 radical (unpaired) electrons. The Morgan fingerprint density at radius 1 is 0.793 bits per heavy atom. The van der Waals surface area contributed by atoms with Gasteiger partial charge in [-0.15, -0.1) is 0 Å². The molecule has 166 valence electrons. The number of carboxylic acids is 3. The summed E-state index contributed by atoms with van der Waals surface area (Å²) in [6.45, 7) is 7.45. The Labute approximate surface area is 171 Å². The number of carboxylic acid groups (broad SMARTS) is 3. The lowest BCUT2D eigenvalue weighted by atomic mass is 10.1. The Bertz CT molecular complexity index is 607. The Morgan fingerprint density at radius 2 is 1.24 bits per heavy atom. The van der Waals surface area contributed by atoms with Crippen molar-refractivity contribution in [2.75, 3.05) is 0 Å². The standard InChI is InChI=1S/C9H11NO2.C6H13NO2.C5H11NO2/c10-8(9(11)12)6-7-4-2-1-3-5-7;1-4(2)3-5(7)6(8)9;1-3(2)4(6)5(7)8/h1-5,8H,6,10H2,(H,11,12);4-5H,3,7H2,1-2H3,(H,8,9);3-4H,6H2,1-2H3,(H,7,8)/t8-;5-;4-/m000/s1. The Balaban J connectivity index is 0. The molecule has 1 aromatic carbocycles. The van der Waals surface area contributed by atoms with Gasteiger partial charge in [0.15, 0.2) is 0 Å². The van der Waals surface area contributed by atoms with Crippen molar-refractivity contribution in [3.8, 4) is 0 Å². The number of hydrogen-bond acceptors (Lipinski definition) is 6. The van der Waals surface area contributed by atoms with Crippen LogP contribution in [-0.2, 0) is 20.8 Å². The van der Waals surface area contributed by atoms with E-state index in [2.05, 4.69) is 0 Å². The normalized spacial score (nSPS) is 13.3. The summed E-state index contributed by atoms with van der Waals surface area (Å²) >= 11 is 0. The number of nitrogens with two attached hydrogens (primary N) is 3. The molecule has 1 rings (SSSR count). The molecule has 9 N–H and O–H groups in total. The summed E-state index contributed by atoms with van der Waals surface area (Å²) in [5, 5.41) is 25.1. The van der Waals surface area contributed by atoms with Crippen molar-refractivity contribution in [1.29, 1.82) is 0 Å². The first kappa shape index (κ1) is 28.7. The molecule has 0 aromatic heterocycles. The zero-order chi connectivity index (χ0) is 23.1. The second kappa shape index (κ2) is 15.4. The van der Waals surface area contributed by atoms with Crippen molar-refractivity contribution in [1.82, 2.24) is 0 Å². The predicted octanol–water partition coefficient (Wildman–Crippen LogP) is 1.14. The van der Waals surface area contributed by atoms with Gasteiger partial charge in [0.05, 0.1) is 0 Å². The molecule has 0 bridgehead atoms. The van der Waals surface area contributed by atoms with E-state index in [0.717, 1.165) is 5.56 Å². The van der Waals surface area contributed by atoms with Crippen LogP contribution in [0.2, 0.25) is 0 Å². The molecule has 1 aromatic rings. The van der Waals surface area contributed by atoms with Gasteiger partial charge in [-0.3, -0.25) is 14.4 Å². The molecule has 0 saturated heterocycles. The van der Waals surface area contributed by atoms with Gasteiger partial charge in [0, 0.05) is 0 Å². The first-order valence-corrected chi connectivity index (χ1v) is 9.28. The summed E-state index contributed by atoms with van der Waals surface area (Å²) in [6, 6.07) is 7.14. The number of hydrogen-bond donors (Lipinski definition) is 6. The molecule has 9 heteroatoms. The van der Waals surface area contributed by atoms with E-state index in [9.17, 15) is 14.4 Å². The third-order valence-corrected chi connectivity index (χ3v) is 3.66. The Kier molecular flexibility index (Phi) is 15.3. The number of rotatable bonds is 8. The van der Waals surface area contributed by atoms with Gasteiger partial charge in [-0.1, -0.05) is 58.0 Å². The molecule has 0 saturated carbocycles. The maximum absolute atomic E-state index is 10.4. The fourth-order valence-corrected chi connectivity index (χ4v) is 1.85. The molecule has 0 aliphatic carbocycles. The highest BCUT2D eigenvalue weighted by molar-refractivity contribution is 5.74. The third-order valence-electron chi connectivity index (χ3n) is 3.66. The smallest absolute Gasteiger partial charge is 0.320 e. The molecule has 0 amide bonds. The zero-order valence-electron chi connectivity index (χ0n) is 17.5. The molecule has 0 aliphatic rings. The van der Waals surface area contributed by atoms with Crippen LogP contribution in [0.3, 0.4) is 0 Å². The van der Waals surface area contributed by atoms with Crippen molar-refractivity contribution in [2.24, 2.45) is 29.0 Å². The van der Waals surface area contributed by atoms with E-state index in [4.69, 9.17) is 32.5 Å². The minimum atomic E-state index is -0.959. The first-order chi connectivity index (χ1) is 13.3. The van der Waals surface area contributed by atoms with Gasteiger partial charge < -0.3 is 32.5 Å². The lowest BCUT2D eigenvalue weighted by molar-refractivity contribution is -0.140. The highest BCUT2D eigenvalue weighted by Gasteiger charge is 2.14. The SMILES string of the molecule is CC(C)C[C@H](N)C(=O)O.CC(C)[C@H](N)C(=O)O.N[C@@H](Cc1ccccc1)C(=O)O. The van der Waals surface area contributed by atoms with Gasteiger partial charge in [-0.25, -0.2) is 0 Å². The lowest BCUT2D eigenvalue weighted by Crippen LogP contribution is -2.34. The summed E-state index contributed by atoms with van der Waals surface area (Å²) in [4.78, 5) is 30.5. The van der Waals surface area contributed by atoms with E-state index < -0.39 is 36.0 Å². The summed E-state index contributed by atoms with van der Waals surface area (Å²) in [5.74, 6) is -2.42. The van der Waals surface area contributed by atoms with Crippen molar-refractivity contribution in [3.63, 3.8) is 0 Å². The van der Waals surface area contributed by atoms with E-state index in [0.29, 0.717) is 18.8 Å². The van der Waals surface area contributed by atoms with Crippen LogP contribution < -0.4 is 17.2 Å². The molecule has 0 fully saturated rings. The van der Waals surface area contributed by atoms with Gasteiger partial charge in [0.25, 0.3) is 0 Å². The highest BCUT2D eigenvalue weighted by Crippen LogP contribution is 2.02. The van der Waals surface area contributed by atoms with Gasteiger partial charge >= 0.3 is 17.9 Å². The third kappa shape index (κ3) is 16.2. The lowest BCUT2D eigenvalue weighted by Gasteiger charge is -2.07. The fraction of sp³-hybridized carbons (Fsp3) is 0.550. The van der Waals surface area contributed by atoms with Gasteiger partial charge in [0.2, 0.25) is 0 Å². The van der Waals surface area contributed by atoms with Crippen molar-refractivity contribution in [3.05, 3.63) is 35.9 Å². The van der Waals surface area contributed by atoms with Crippen molar-refractivity contribution < 1.29 is 29.7 Å². The van der Waals surface area contributed by atoms with E-state index in [1.54, 1.807) is 13.8 Å². The van der Waals surface area contributed by atoms with Crippen LogP contribution >= 0.6 is 0 Å². The minimum absolute atomic E-state index is 0.0208. The second-order valence-electron chi connectivity index (χ2n) is 7.32. The largest absolute Gasteiger partial charge is 0.480 e. The molecule has 0 spiro atoms. The van der Waals surface area contributed by atoms with E-state index >= 15 is 0 Å². The molecule has 9 nitrogen and oxygen atoms in total. The minimum Gasteiger partial charge on any atom is -0.480 e. The second-order valence-corrected chi connectivity index (χ2v) is 7.32. The quantitative estimate of drug-likeness (QED) is 0.363. The summed E-state index contributed by atoms with van der Waals surface area (Å²) < 4.78 is 0. The number of carbonyl (C=O) groups is 3. The van der Waals surface area contributed by atoms with Gasteiger partial charge in [-0.05, 0) is 30.2 Å². The van der Waals surface area contributed by atoms with E-state index in [1.165, 1.54) is 0 Å². The van der Waals surface area contributed by atoms with Crippen LogP contribution in [0.25, 0.3) is 0 Å². The fourth-order valence-electron chi connectivity index (χ4n) is 1.85. The van der Waals surface area contributed by atoms with Crippen LogP contribution in [0.15, 0.2) is 30.3 Å². The summed E-state index contributed by atoms with van der Waals surface area (Å²) in [5.41, 5.74) is 16.7. The van der Waals surface area contributed by atoms with Crippen LogP contribution in [0.4, 0.5) is 0 Å². The summed E-state index contributed by atoms with van der Waals surface area (Å²) in [7, 11) is 0. The first-order valence-electron chi connectivity index (χ1n) is 9.28. The summed E-state index contributed by atoms with van der Waals surface area (Å²) in [6.07, 6.45) is 0.936. The van der Waals surface area contributed by atoms with Crippen LogP contribution in [0.5, 0.6) is 0 Å². The molecule has 0 heterocycles. The Morgan fingerprint density at radius 3 is 1.48 bits per heavy atom. The molecular weight excluding hydrogens is 378 g/mol.